The predicted octanol–water partition coefficient (Wildman–Crippen LogP) is 2.73. The summed E-state index contributed by atoms with van der Waals surface area (Å²) in [6.07, 6.45) is 0.825. The molecule has 3 rings (SSSR count). The molecular weight excluding hydrogens is 292 g/mol. The van der Waals surface area contributed by atoms with Crippen LogP contribution in [0.15, 0.2) is 36.4 Å². The maximum Gasteiger partial charge on any atom is 0.253 e. The molecule has 5 nitrogen and oxygen atoms in total. The maximum atomic E-state index is 12.5. The van der Waals surface area contributed by atoms with Crippen LogP contribution >= 0.6 is 0 Å². The second-order valence-corrected chi connectivity index (χ2v) is 5.46. The summed E-state index contributed by atoms with van der Waals surface area (Å²) in [7, 11) is 1.58. The minimum atomic E-state index is -0.475. The number of anilines is 1. The minimum absolute atomic E-state index is 0.138. The molecule has 1 N–H and O–H groups in total. The molecule has 1 aliphatic rings. The van der Waals surface area contributed by atoms with Crippen LogP contribution in [-0.4, -0.2) is 24.1 Å². The maximum absolute atomic E-state index is 12.5. The molecule has 0 saturated carbocycles. The average Bonchev–Trinajstić information content (AvgIpc) is 2.61. The number of nitrogens with zero attached hydrogens (tertiary/aromatic N) is 1. The molecule has 0 bridgehead atoms. The summed E-state index contributed by atoms with van der Waals surface area (Å²) >= 11 is 0. The van der Waals surface area contributed by atoms with Gasteiger partial charge in [-0.1, -0.05) is 31.2 Å². The minimum Gasteiger partial charge on any atom is -0.481 e. The highest BCUT2D eigenvalue weighted by Crippen LogP contribution is 2.23. The summed E-state index contributed by atoms with van der Waals surface area (Å²) in [4.78, 5) is 16.9. The van der Waals surface area contributed by atoms with Gasteiger partial charge in [-0.3, -0.25) is 4.79 Å². The molecule has 120 valence electrons. The smallest absolute Gasteiger partial charge is 0.253 e. The number of ether oxygens (including phenoxy) is 2. The Kier molecular flexibility index (Phi) is 4.57. The lowest BCUT2D eigenvalue weighted by Crippen LogP contribution is -2.35. The molecule has 5 heteroatoms. The zero-order valence-electron chi connectivity index (χ0n) is 13.3. The Morgan fingerprint density at radius 3 is 2.83 bits per heavy atom. The Morgan fingerprint density at radius 1 is 1.30 bits per heavy atom. The fourth-order valence-electron chi connectivity index (χ4n) is 2.71. The van der Waals surface area contributed by atoms with Gasteiger partial charge in [0.1, 0.15) is 6.10 Å². The van der Waals surface area contributed by atoms with Crippen LogP contribution in [0, 0.1) is 0 Å². The van der Waals surface area contributed by atoms with Crippen molar-refractivity contribution < 1.29 is 14.3 Å². The molecule has 0 radical (unpaired) electrons. The third kappa shape index (κ3) is 3.35. The molecule has 1 amide bonds. The van der Waals surface area contributed by atoms with Crippen LogP contribution < -0.4 is 10.1 Å². The van der Waals surface area contributed by atoms with Gasteiger partial charge < -0.3 is 14.8 Å². The normalized spacial score (nSPS) is 16.5. The first kappa shape index (κ1) is 15.5. The summed E-state index contributed by atoms with van der Waals surface area (Å²) < 4.78 is 10.8. The zero-order valence-corrected chi connectivity index (χ0v) is 13.3. The number of carbonyl (C=O) groups is 1. The third-order valence-corrected chi connectivity index (χ3v) is 4.01. The Bertz CT molecular complexity index is 715. The van der Waals surface area contributed by atoms with Crippen molar-refractivity contribution in [1.29, 1.82) is 0 Å². The van der Waals surface area contributed by atoms with Gasteiger partial charge in [0, 0.05) is 12.5 Å². The quantitative estimate of drug-likeness (QED) is 0.943. The number of nitrogens with one attached hydrogen (secondary N) is 1. The molecule has 0 unspecified atom stereocenters. The average molecular weight is 312 g/mol. The highest BCUT2D eigenvalue weighted by atomic mass is 16.5. The van der Waals surface area contributed by atoms with Gasteiger partial charge in [-0.15, -0.1) is 0 Å². The van der Waals surface area contributed by atoms with Crippen LogP contribution in [0.4, 0.5) is 5.69 Å². The van der Waals surface area contributed by atoms with Gasteiger partial charge >= 0.3 is 0 Å². The molecule has 0 spiro atoms. The summed E-state index contributed by atoms with van der Waals surface area (Å²) in [5, 5.41) is 2.93. The zero-order chi connectivity index (χ0) is 16.2. The number of hydrogen-bond donors (Lipinski definition) is 1. The molecule has 0 aliphatic carbocycles. The lowest BCUT2D eigenvalue weighted by atomic mass is 9.99. The van der Waals surface area contributed by atoms with Crippen LogP contribution in [0.1, 0.15) is 23.7 Å². The van der Waals surface area contributed by atoms with Gasteiger partial charge in [0.05, 0.1) is 25.1 Å². The molecular formula is C18H20N2O3. The highest BCUT2D eigenvalue weighted by molar-refractivity contribution is 5.95. The number of amides is 1. The number of aryl methyl sites for hydroxylation is 1. The first-order chi connectivity index (χ1) is 11.2. The topological polar surface area (TPSA) is 60.5 Å². The summed E-state index contributed by atoms with van der Waals surface area (Å²) in [5.41, 5.74) is 3.83. The van der Waals surface area contributed by atoms with E-state index in [4.69, 9.17) is 9.47 Å². The molecule has 23 heavy (non-hydrogen) atoms. The van der Waals surface area contributed by atoms with Gasteiger partial charge in [-0.05, 0) is 23.6 Å². The number of benzene rings is 1. The van der Waals surface area contributed by atoms with Gasteiger partial charge in [0.25, 0.3) is 5.91 Å². The lowest BCUT2D eigenvalue weighted by Gasteiger charge is -2.24. The Morgan fingerprint density at radius 2 is 2.09 bits per heavy atom. The van der Waals surface area contributed by atoms with Crippen LogP contribution in [0.2, 0.25) is 0 Å². The van der Waals surface area contributed by atoms with E-state index in [0.29, 0.717) is 31.0 Å². The molecule has 1 atom stereocenters. The molecule has 2 heterocycles. The standard InChI is InChI=1S/C18H20N2O3/c1-3-14-15(8-9-17(19-14)22-2)20-18(21)16-10-12-6-4-5-7-13(12)11-23-16/h4-9,16H,3,10-11H2,1-2H3,(H,20,21)/t16-/m0/s1. The fraction of sp³-hybridized carbons (Fsp3) is 0.333. The van der Waals surface area contributed by atoms with Crippen molar-refractivity contribution in [1.82, 2.24) is 4.98 Å². The van der Waals surface area contributed by atoms with E-state index < -0.39 is 6.10 Å². The van der Waals surface area contributed by atoms with E-state index >= 15 is 0 Å². The molecule has 1 aliphatic heterocycles. The van der Waals surface area contributed by atoms with Crippen molar-refractivity contribution in [2.75, 3.05) is 12.4 Å². The second kappa shape index (κ2) is 6.79. The van der Waals surface area contributed by atoms with Crippen LogP contribution in [0.5, 0.6) is 5.88 Å². The lowest BCUT2D eigenvalue weighted by molar-refractivity contribution is -0.129. The molecule has 2 aromatic rings. The van der Waals surface area contributed by atoms with E-state index in [1.165, 1.54) is 5.56 Å². The second-order valence-electron chi connectivity index (χ2n) is 5.46. The van der Waals surface area contributed by atoms with Gasteiger partial charge in [-0.2, -0.15) is 0 Å². The van der Waals surface area contributed by atoms with E-state index in [1.54, 1.807) is 13.2 Å². The van der Waals surface area contributed by atoms with Crippen molar-refractivity contribution in [3.8, 4) is 5.88 Å². The molecule has 0 saturated heterocycles. The van der Waals surface area contributed by atoms with E-state index in [1.807, 2.05) is 37.3 Å². The third-order valence-electron chi connectivity index (χ3n) is 4.01. The Balaban J connectivity index is 1.73. The summed E-state index contributed by atoms with van der Waals surface area (Å²) in [5.74, 6) is 0.406. The predicted molar refractivity (Wildman–Crippen MR) is 87.5 cm³/mol. The number of methoxy groups -OCH3 is 1. The van der Waals surface area contributed by atoms with Crippen LogP contribution in [0.25, 0.3) is 0 Å². The van der Waals surface area contributed by atoms with Gasteiger partial charge in [0.2, 0.25) is 5.88 Å². The van der Waals surface area contributed by atoms with E-state index in [0.717, 1.165) is 11.3 Å². The first-order valence-corrected chi connectivity index (χ1v) is 7.74. The summed E-state index contributed by atoms with van der Waals surface area (Å²) in [6.45, 7) is 2.46. The van der Waals surface area contributed by atoms with Crippen molar-refractivity contribution in [2.24, 2.45) is 0 Å². The molecule has 0 fully saturated rings. The van der Waals surface area contributed by atoms with E-state index in [2.05, 4.69) is 10.3 Å². The van der Waals surface area contributed by atoms with Crippen molar-refractivity contribution in [3.63, 3.8) is 0 Å². The van der Waals surface area contributed by atoms with E-state index in [-0.39, 0.29) is 5.91 Å². The Labute approximate surface area is 135 Å². The van der Waals surface area contributed by atoms with Gasteiger partial charge in [-0.25, -0.2) is 4.98 Å². The van der Waals surface area contributed by atoms with Crippen molar-refractivity contribution in [2.45, 2.75) is 32.5 Å². The number of hydrogen-bond acceptors (Lipinski definition) is 4. The molecule has 1 aromatic carbocycles. The number of aromatic nitrogens is 1. The molecule has 1 aromatic heterocycles. The largest absolute Gasteiger partial charge is 0.481 e. The van der Waals surface area contributed by atoms with Crippen molar-refractivity contribution in [3.05, 3.63) is 53.2 Å². The van der Waals surface area contributed by atoms with Crippen LogP contribution in [0.3, 0.4) is 0 Å². The van der Waals surface area contributed by atoms with Crippen molar-refractivity contribution >= 4 is 11.6 Å². The fourth-order valence-corrected chi connectivity index (χ4v) is 2.71. The Hall–Kier alpha value is -2.40. The van der Waals surface area contributed by atoms with Crippen LogP contribution in [-0.2, 0) is 29.0 Å². The monoisotopic (exact) mass is 312 g/mol. The SMILES string of the molecule is CCc1nc(OC)ccc1NC(=O)[C@@H]1Cc2ccccc2CO1. The van der Waals surface area contributed by atoms with Gasteiger partial charge in [0.15, 0.2) is 0 Å². The highest BCUT2D eigenvalue weighted by Gasteiger charge is 2.25. The summed E-state index contributed by atoms with van der Waals surface area (Å²) in [6, 6.07) is 11.6. The first-order valence-electron chi connectivity index (χ1n) is 7.74. The number of rotatable bonds is 4. The number of fused-ring (bicyclic) bond motifs is 1. The number of carbonyl (C=O) groups excluding carboxylic acids is 1. The number of pyridine rings is 1. The van der Waals surface area contributed by atoms with E-state index in [9.17, 15) is 4.79 Å².